The van der Waals surface area contributed by atoms with E-state index in [4.69, 9.17) is 47.4 Å². The number of hydrogen-bond donors (Lipinski definition) is 18. The van der Waals surface area contributed by atoms with Crippen LogP contribution in [0.2, 0.25) is 0 Å². The predicted molar refractivity (Wildman–Crippen MR) is 386 cm³/mol. The molecule has 5 aliphatic rings. The molecular weight excluding hydrogens is 1390 g/mol. The van der Waals surface area contributed by atoms with E-state index in [1.807, 2.05) is 6.08 Å². The van der Waals surface area contributed by atoms with Gasteiger partial charge in [0.25, 0.3) is 0 Å². The Morgan fingerprint density at radius 1 is 0.368 bits per heavy atom. The summed E-state index contributed by atoms with van der Waals surface area (Å²) in [5, 5.41) is 181. The molecule has 30 heteroatoms. The van der Waals surface area contributed by atoms with Crippen LogP contribution in [0.5, 0.6) is 0 Å². The summed E-state index contributed by atoms with van der Waals surface area (Å²) in [7, 11) is 0. The average molecular weight is 1530 g/mol. The van der Waals surface area contributed by atoms with Crippen molar-refractivity contribution in [3.05, 3.63) is 12.2 Å². The van der Waals surface area contributed by atoms with Crippen LogP contribution in [0.3, 0.4) is 0 Å². The SMILES string of the molecule is CCCCCCCCCCCCC/C=C/[C@@H](O)[C@H](CO[C@@H]1OC(CO)[C@@H](O[C@@H]2OC(CO)[C@H](O[C@@H]3OC(CO)[C@H](O[C@@H]4OC(CO)[C@H](O)[C@H](O[C@@H]5OC(CO)[C@H](O)[C@H](O)C5O)C4NC(C)=O)[C@H](O)C3O)[C@H](O)C2O)[C@H](O)C1O)NC(=O)CCCCCCCCCCCCCCCCCCCCCCCCC. The minimum atomic E-state index is -2.18. The van der Waals surface area contributed by atoms with Crippen molar-refractivity contribution in [2.45, 2.75) is 418 Å². The van der Waals surface area contributed by atoms with Gasteiger partial charge < -0.3 is 140 Å². The van der Waals surface area contributed by atoms with Gasteiger partial charge in [0.1, 0.15) is 122 Å². The molecule has 0 aliphatic carbocycles. The number of allylic oxidation sites excluding steroid dienone is 1. The van der Waals surface area contributed by atoms with Crippen LogP contribution in [0.25, 0.3) is 0 Å². The highest BCUT2D eigenvalue weighted by atomic mass is 16.8. The Morgan fingerprint density at radius 3 is 1.07 bits per heavy atom. The molecule has 0 radical (unpaired) electrons. The smallest absolute Gasteiger partial charge is 0.220 e. The van der Waals surface area contributed by atoms with Crippen molar-refractivity contribution in [2.75, 3.05) is 39.6 Å². The first-order valence-electron chi connectivity index (χ1n) is 40.5. The van der Waals surface area contributed by atoms with Crippen LogP contribution in [-0.4, -0.2) is 299 Å². The van der Waals surface area contributed by atoms with Crippen LogP contribution in [0.15, 0.2) is 12.2 Å². The van der Waals surface area contributed by atoms with Crippen molar-refractivity contribution in [1.29, 1.82) is 0 Å². The van der Waals surface area contributed by atoms with Gasteiger partial charge in [-0.15, -0.1) is 0 Å². The molecular formula is C76H140N2O28. The fourth-order valence-corrected chi connectivity index (χ4v) is 14.6. The molecule has 27 atom stereocenters. The Kier molecular flexibility index (Phi) is 47.7. The van der Waals surface area contributed by atoms with E-state index in [-0.39, 0.29) is 12.3 Å². The molecule has 5 fully saturated rings. The Hall–Kier alpha value is -2.36. The molecule has 0 aromatic heterocycles. The number of ether oxygens (including phenoxy) is 10. The Morgan fingerprint density at radius 2 is 0.679 bits per heavy atom. The summed E-state index contributed by atoms with van der Waals surface area (Å²) in [6.45, 7) is 0.435. The maximum absolute atomic E-state index is 13.5. The van der Waals surface area contributed by atoms with E-state index in [9.17, 15) is 91.3 Å². The minimum Gasteiger partial charge on any atom is -0.394 e. The van der Waals surface area contributed by atoms with E-state index in [1.54, 1.807) is 6.08 Å². The van der Waals surface area contributed by atoms with E-state index < -0.39 is 211 Å². The van der Waals surface area contributed by atoms with Gasteiger partial charge in [-0.2, -0.15) is 0 Å². The Labute approximate surface area is 628 Å². The lowest BCUT2D eigenvalue weighted by molar-refractivity contribution is -0.388. The number of hydrogen-bond acceptors (Lipinski definition) is 28. The number of carbonyl (C=O) groups is 2. The minimum absolute atomic E-state index is 0.203. The highest BCUT2D eigenvalue weighted by Crippen LogP contribution is 2.37. The van der Waals surface area contributed by atoms with Crippen LogP contribution in [-0.2, 0) is 57.0 Å². The molecule has 5 aliphatic heterocycles. The molecule has 5 heterocycles. The second-order valence-electron chi connectivity index (χ2n) is 29.9. The van der Waals surface area contributed by atoms with Gasteiger partial charge >= 0.3 is 0 Å². The fourth-order valence-electron chi connectivity index (χ4n) is 14.6. The maximum atomic E-state index is 13.5. The average Bonchev–Trinajstić information content (AvgIpc) is 0.774. The Bertz CT molecular complexity index is 2290. The van der Waals surface area contributed by atoms with Crippen LogP contribution in [0.1, 0.15) is 252 Å². The molecule has 18 N–H and O–H groups in total. The molecule has 0 spiro atoms. The Balaban J connectivity index is 1.11. The predicted octanol–water partition coefficient (Wildman–Crippen LogP) is 2.73. The lowest BCUT2D eigenvalue weighted by atomic mass is 9.94. The van der Waals surface area contributed by atoms with E-state index in [2.05, 4.69) is 24.5 Å². The molecule has 106 heavy (non-hydrogen) atoms. The van der Waals surface area contributed by atoms with E-state index in [0.29, 0.717) is 12.8 Å². The monoisotopic (exact) mass is 1530 g/mol. The van der Waals surface area contributed by atoms with Gasteiger partial charge in [0.05, 0.1) is 51.8 Å². The van der Waals surface area contributed by atoms with Crippen molar-refractivity contribution >= 4 is 11.8 Å². The normalized spacial score (nSPS) is 34.3. The third kappa shape index (κ3) is 31.5. The number of unbranched alkanes of at least 4 members (excludes halogenated alkanes) is 33. The standard InChI is InChI=1S/C76H140N2O28/c1-4-6-8-10-12-14-16-18-19-20-21-22-23-24-25-26-27-29-31-33-35-37-39-41-56(86)78-49(50(85)40-38-36-34-32-30-28-17-15-13-11-9-7-5-2)47-97-73-65(94)61(90)69(53(44-81)100-73)104-76-67(96)63(92)70(55(46-83)102-76)105-75-66(95)62(91)68(54(45-82)101-75)103-72-57(77-48(3)84)71(59(88)52(43-80)98-72)106-74-64(93)60(89)58(87)51(42-79)99-74/h38,40,49-55,57-76,79-83,85,87-96H,4-37,39,41-47H2,1-3H3,(H,77,84)(H,78,86)/b40-38+/t49-,50+,51?,52?,53?,54?,55?,57?,58-,59-,60-,61+,62+,63+,64?,65?,66?,67?,68-,69+,70-,71+,72-,73+,74-,75-,76-/m0/s1. The molecule has 10 unspecified atom stereocenters. The van der Waals surface area contributed by atoms with Crippen molar-refractivity contribution in [2.24, 2.45) is 0 Å². The van der Waals surface area contributed by atoms with Gasteiger partial charge in [-0.1, -0.05) is 231 Å². The first-order chi connectivity index (χ1) is 51.2. The first-order valence-corrected chi connectivity index (χ1v) is 40.5. The quantitative estimate of drug-likeness (QED) is 0.0307. The number of rotatable bonds is 56. The highest BCUT2D eigenvalue weighted by Gasteiger charge is 2.57. The summed E-state index contributed by atoms with van der Waals surface area (Å²) in [6.07, 6.45) is 0.409. The zero-order valence-corrected chi connectivity index (χ0v) is 63.5. The topological polar surface area (TPSA) is 474 Å². The molecule has 5 saturated heterocycles. The third-order valence-electron chi connectivity index (χ3n) is 21.2. The fraction of sp³-hybridized carbons (Fsp3) is 0.947. The highest BCUT2D eigenvalue weighted by molar-refractivity contribution is 5.76. The number of aliphatic hydroxyl groups excluding tert-OH is 16. The van der Waals surface area contributed by atoms with Gasteiger partial charge in [0.15, 0.2) is 31.5 Å². The summed E-state index contributed by atoms with van der Waals surface area (Å²) in [5.74, 6) is -1.11. The number of aliphatic hydroxyl groups is 16. The number of carbonyl (C=O) groups excluding carboxylic acids is 2. The molecule has 0 saturated carbocycles. The lowest BCUT2D eigenvalue weighted by Gasteiger charge is -2.50. The molecule has 30 nitrogen and oxygen atoms in total. The molecule has 0 aromatic rings. The number of amides is 2. The van der Waals surface area contributed by atoms with Gasteiger partial charge in [-0.05, 0) is 19.3 Å². The molecule has 2 amide bonds. The van der Waals surface area contributed by atoms with Crippen molar-refractivity contribution < 1.29 is 139 Å². The van der Waals surface area contributed by atoms with Gasteiger partial charge in [-0.3, -0.25) is 9.59 Å². The number of nitrogens with one attached hydrogen (secondary N) is 2. The maximum Gasteiger partial charge on any atom is 0.220 e. The van der Waals surface area contributed by atoms with Gasteiger partial charge in [-0.25, -0.2) is 0 Å². The zero-order valence-electron chi connectivity index (χ0n) is 63.5. The van der Waals surface area contributed by atoms with Crippen LogP contribution < -0.4 is 10.6 Å². The zero-order chi connectivity index (χ0) is 77.3. The van der Waals surface area contributed by atoms with Crippen LogP contribution >= 0.6 is 0 Å². The van der Waals surface area contributed by atoms with Crippen molar-refractivity contribution in [3.63, 3.8) is 0 Å². The van der Waals surface area contributed by atoms with E-state index in [1.165, 1.54) is 167 Å². The molecule has 0 aromatic carbocycles. The second-order valence-corrected chi connectivity index (χ2v) is 29.9. The van der Waals surface area contributed by atoms with E-state index in [0.717, 1.165) is 51.9 Å². The summed E-state index contributed by atoms with van der Waals surface area (Å²) in [6, 6.07) is -2.69. The first kappa shape index (κ1) is 94.2. The van der Waals surface area contributed by atoms with E-state index >= 15 is 0 Å². The molecule has 622 valence electrons. The van der Waals surface area contributed by atoms with Crippen molar-refractivity contribution in [3.8, 4) is 0 Å². The summed E-state index contributed by atoms with van der Waals surface area (Å²) >= 11 is 0. The summed E-state index contributed by atoms with van der Waals surface area (Å²) in [5.41, 5.74) is 0. The molecule has 5 rings (SSSR count). The van der Waals surface area contributed by atoms with Gasteiger partial charge in [0, 0.05) is 13.3 Å². The third-order valence-corrected chi connectivity index (χ3v) is 21.2. The van der Waals surface area contributed by atoms with Gasteiger partial charge in [0.2, 0.25) is 11.8 Å². The summed E-state index contributed by atoms with van der Waals surface area (Å²) in [4.78, 5) is 26.1. The lowest BCUT2D eigenvalue weighted by Crippen LogP contribution is -2.70. The summed E-state index contributed by atoms with van der Waals surface area (Å²) < 4.78 is 58.4. The molecule has 0 bridgehead atoms. The van der Waals surface area contributed by atoms with Crippen LogP contribution in [0.4, 0.5) is 0 Å². The van der Waals surface area contributed by atoms with Crippen molar-refractivity contribution in [1.82, 2.24) is 10.6 Å². The van der Waals surface area contributed by atoms with Crippen LogP contribution in [0, 0.1) is 0 Å². The second kappa shape index (κ2) is 53.6. The largest absolute Gasteiger partial charge is 0.394 e.